The summed E-state index contributed by atoms with van der Waals surface area (Å²) in [6, 6.07) is 8.09. The molecule has 26 heavy (non-hydrogen) atoms. The second-order valence-electron chi connectivity index (χ2n) is 5.58. The van der Waals surface area contributed by atoms with Gasteiger partial charge in [0.1, 0.15) is 5.82 Å². The predicted molar refractivity (Wildman–Crippen MR) is 97.3 cm³/mol. The maximum Gasteiger partial charge on any atom is 0.305 e. The third-order valence-electron chi connectivity index (χ3n) is 3.84. The van der Waals surface area contributed by atoms with Gasteiger partial charge >= 0.3 is 5.97 Å². The molecule has 0 radical (unpaired) electrons. The van der Waals surface area contributed by atoms with Crippen LogP contribution < -0.4 is 0 Å². The van der Waals surface area contributed by atoms with Crippen molar-refractivity contribution in [2.45, 2.75) is 46.0 Å². The summed E-state index contributed by atoms with van der Waals surface area (Å²) < 4.78 is 45.0. The second kappa shape index (κ2) is 11.3. The number of carbonyl (C=O) groups is 1. The number of hydrogen-bond acceptors (Lipinski definition) is 2. The van der Waals surface area contributed by atoms with Gasteiger partial charge in [0.25, 0.3) is 0 Å². The fourth-order valence-electron chi connectivity index (χ4n) is 2.49. The van der Waals surface area contributed by atoms with Crippen LogP contribution in [-0.2, 0) is 16.0 Å². The van der Waals surface area contributed by atoms with Gasteiger partial charge in [0.15, 0.2) is 11.6 Å². The molecule has 5 heteroatoms. The van der Waals surface area contributed by atoms with E-state index in [9.17, 15) is 18.0 Å². The van der Waals surface area contributed by atoms with Crippen molar-refractivity contribution in [2.75, 3.05) is 7.11 Å². The zero-order valence-electron chi connectivity index (χ0n) is 15.5. The molecule has 0 saturated heterocycles. The minimum Gasteiger partial charge on any atom is -0.469 e. The third kappa shape index (κ3) is 6.54. The number of ether oxygens (including phenoxy) is 1. The lowest BCUT2D eigenvalue weighted by atomic mass is 10.00. The molecule has 2 aromatic carbocycles. The van der Waals surface area contributed by atoms with Gasteiger partial charge in [0, 0.05) is 12.0 Å². The van der Waals surface area contributed by atoms with E-state index in [-0.39, 0.29) is 11.5 Å². The van der Waals surface area contributed by atoms with Crippen molar-refractivity contribution >= 4 is 5.97 Å². The Bertz CT molecular complexity index is 714. The van der Waals surface area contributed by atoms with Gasteiger partial charge in [0.2, 0.25) is 0 Å². The molecule has 0 fully saturated rings. The number of hydrogen-bond donors (Lipinski definition) is 0. The van der Waals surface area contributed by atoms with E-state index in [1.807, 2.05) is 13.8 Å². The van der Waals surface area contributed by atoms with Crippen molar-refractivity contribution < 1.29 is 22.7 Å². The molecule has 142 valence electrons. The molecule has 0 bridgehead atoms. The number of esters is 1. The Kier molecular flexibility index (Phi) is 9.48. The van der Waals surface area contributed by atoms with E-state index in [4.69, 9.17) is 0 Å². The summed E-state index contributed by atoms with van der Waals surface area (Å²) in [6.07, 6.45) is 3.50. The molecule has 0 unspecified atom stereocenters. The van der Waals surface area contributed by atoms with Crippen molar-refractivity contribution in [1.29, 1.82) is 0 Å². The second-order valence-corrected chi connectivity index (χ2v) is 5.58. The van der Waals surface area contributed by atoms with E-state index < -0.39 is 17.5 Å². The molecular weight excluding hydrogens is 341 g/mol. The minimum absolute atomic E-state index is 0.225. The molecule has 0 aliphatic rings. The van der Waals surface area contributed by atoms with E-state index in [0.29, 0.717) is 18.4 Å². The van der Waals surface area contributed by atoms with Crippen molar-refractivity contribution in [3.63, 3.8) is 0 Å². The quantitative estimate of drug-likeness (QED) is 0.439. The van der Waals surface area contributed by atoms with Crippen LogP contribution in [0.3, 0.4) is 0 Å². The van der Waals surface area contributed by atoms with Gasteiger partial charge < -0.3 is 4.74 Å². The first-order chi connectivity index (χ1) is 12.5. The molecule has 0 amide bonds. The monoisotopic (exact) mass is 366 g/mol. The summed E-state index contributed by atoms with van der Waals surface area (Å²) in [7, 11) is 1.36. The van der Waals surface area contributed by atoms with Gasteiger partial charge in [-0.25, -0.2) is 13.2 Å². The summed E-state index contributed by atoms with van der Waals surface area (Å²) >= 11 is 0. The van der Waals surface area contributed by atoms with Gasteiger partial charge in [-0.1, -0.05) is 38.5 Å². The van der Waals surface area contributed by atoms with E-state index in [0.717, 1.165) is 37.0 Å². The Morgan fingerprint density at radius 1 is 0.885 bits per heavy atom. The van der Waals surface area contributed by atoms with E-state index >= 15 is 0 Å². The van der Waals surface area contributed by atoms with Crippen molar-refractivity contribution in [3.8, 4) is 11.1 Å². The van der Waals surface area contributed by atoms with Crippen LogP contribution in [0.1, 0.15) is 45.1 Å². The Labute approximate surface area is 153 Å². The van der Waals surface area contributed by atoms with Crippen LogP contribution in [-0.4, -0.2) is 13.1 Å². The molecule has 2 nitrogen and oxygen atoms in total. The fourth-order valence-corrected chi connectivity index (χ4v) is 2.49. The minimum atomic E-state index is -0.999. The number of methoxy groups -OCH3 is 1. The van der Waals surface area contributed by atoms with Crippen molar-refractivity contribution in [1.82, 2.24) is 0 Å². The standard InChI is InChI=1S/C19H19F3O2.C2H6/c1-24-19(23)6-4-2-3-5-13-7-9-15(17(21)11-13)14-8-10-16(20)18(22)12-14;1-2/h7-12H,2-6H2,1H3;1-2H3. The van der Waals surface area contributed by atoms with Crippen LogP contribution in [0.15, 0.2) is 36.4 Å². The largest absolute Gasteiger partial charge is 0.469 e. The normalized spacial score (nSPS) is 10.1. The number of benzene rings is 2. The Morgan fingerprint density at radius 3 is 2.23 bits per heavy atom. The van der Waals surface area contributed by atoms with Gasteiger partial charge in [-0.15, -0.1) is 0 Å². The third-order valence-corrected chi connectivity index (χ3v) is 3.84. The van der Waals surface area contributed by atoms with E-state index in [1.54, 1.807) is 12.1 Å². The molecule has 0 saturated carbocycles. The SMILES string of the molecule is CC.COC(=O)CCCCCc1ccc(-c2ccc(F)c(F)c2)c(F)c1. The molecule has 2 rings (SSSR count). The zero-order valence-corrected chi connectivity index (χ0v) is 15.5. The average molecular weight is 366 g/mol. The summed E-state index contributed by atoms with van der Waals surface area (Å²) in [5.41, 5.74) is 1.37. The fraction of sp³-hybridized carbons (Fsp3) is 0.381. The van der Waals surface area contributed by atoms with Crippen LogP contribution in [0.4, 0.5) is 13.2 Å². The lowest BCUT2D eigenvalue weighted by Crippen LogP contribution is -1.99. The van der Waals surface area contributed by atoms with Crippen LogP contribution >= 0.6 is 0 Å². The highest BCUT2D eigenvalue weighted by Gasteiger charge is 2.09. The first kappa shape index (κ1) is 21.7. The first-order valence-corrected chi connectivity index (χ1v) is 8.82. The number of rotatable bonds is 7. The molecular formula is C21H25F3O2. The molecule has 0 aliphatic carbocycles. The van der Waals surface area contributed by atoms with Gasteiger partial charge in [-0.3, -0.25) is 4.79 Å². The number of aryl methyl sites for hydroxylation is 1. The number of unbranched alkanes of at least 4 members (excludes halogenated alkanes) is 2. The lowest BCUT2D eigenvalue weighted by molar-refractivity contribution is -0.140. The smallest absolute Gasteiger partial charge is 0.305 e. The predicted octanol–water partition coefficient (Wildman–Crippen LogP) is 6.07. The van der Waals surface area contributed by atoms with Crippen LogP contribution in [0.25, 0.3) is 11.1 Å². The summed E-state index contributed by atoms with van der Waals surface area (Å²) in [4.78, 5) is 11.0. The molecule has 0 aliphatic heterocycles. The highest BCUT2D eigenvalue weighted by molar-refractivity contribution is 5.69. The maximum atomic E-state index is 14.2. The van der Waals surface area contributed by atoms with Crippen molar-refractivity contribution in [2.24, 2.45) is 0 Å². The topological polar surface area (TPSA) is 26.3 Å². The number of carbonyl (C=O) groups excluding carboxylic acids is 1. The van der Waals surface area contributed by atoms with Gasteiger partial charge in [-0.2, -0.15) is 0 Å². The lowest BCUT2D eigenvalue weighted by Gasteiger charge is -2.07. The van der Waals surface area contributed by atoms with Gasteiger partial charge in [-0.05, 0) is 48.6 Å². The van der Waals surface area contributed by atoms with Crippen LogP contribution in [0.5, 0.6) is 0 Å². The Morgan fingerprint density at radius 2 is 1.62 bits per heavy atom. The summed E-state index contributed by atoms with van der Waals surface area (Å²) in [5, 5.41) is 0. The van der Waals surface area contributed by atoms with Crippen LogP contribution in [0, 0.1) is 17.5 Å². The molecule has 0 atom stereocenters. The van der Waals surface area contributed by atoms with Crippen molar-refractivity contribution in [3.05, 3.63) is 59.4 Å². The molecule has 0 heterocycles. The molecule has 0 N–H and O–H groups in total. The summed E-state index contributed by atoms with van der Waals surface area (Å²) in [6.45, 7) is 4.00. The maximum absolute atomic E-state index is 14.2. The Hall–Kier alpha value is -2.30. The van der Waals surface area contributed by atoms with E-state index in [2.05, 4.69) is 4.74 Å². The number of halogens is 3. The highest BCUT2D eigenvalue weighted by atomic mass is 19.2. The van der Waals surface area contributed by atoms with Gasteiger partial charge in [0.05, 0.1) is 7.11 Å². The Balaban J connectivity index is 0.00000163. The zero-order chi connectivity index (χ0) is 19.5. The molecule has 2 aromatic rings. The average Bonchev–Trinajstić information content (AvgIpc) is 2.65. The summed E-state index contributed by atoms with van der Waals surface area (Å²) in [5.74, 6) is -2.64. The van der Waals surface area contributed by atoms with Crippen LogP contribution in [0.2, 0.25) is 0 Å². The first-order valence-electron chi connectivity index (χ1n) is 8.82. The van der Waals surface area contributed by atoms with E-state index in [1.165, 1.54) is 19.2 Å². The molecule has 0 aromatic heterocycles. The highest BCUT2D eigenvalue weighted by Crippen LogP contribution is 2.25. The molecule has 0 spiro atoms.